The summed E-state index contributed by atoms with van der Waals surface area (Å²) in [4.78, 5) is 20.4. The molecule has 0 spiro atoms. The molecule has 0 atom stereocenters. The summed E-state index contributed by atoms with van der Waals surface area (Å²) in [5.41, 5.74) is 0.953. The zero-order valence-electron chi connectivity index (χ0n) is 8.01. The van der Waals surface area contributed by atoms with Crippen molar-refractivity contribution >= 4 is 17.7 Å². The van der Waals surface area contributed by atoms with Crippen molar-refractivity contribution in [3.8, 4) is 0 Å². The summed E-state index contributed by atoms with van der Waals surface area (Å²) in [6.45, 7) is 1.73. The van der Waals surface area contributed by atoms with E-state index in [1.807, 2.05) is 0 Å². The predicted octanol–water partition coefficient (Wildman–Crippen LogP) is 2.00. The van der Waals surface area contributed by atoms with Gasteiger partial charge in [0.2, 0.25) is 0 Å². The van der Waals surface area contributed by atoms with Gasteiger partial charge in [0.05, 0.1) is 10.5 Å². The van der Waals surface area contributed by atoms with Crippen LogP contribution in [0.15, 0.2) is 24.3 Å². The van der Waals surface area contributed by atoms with E-state index < -0.39 is 10.9 Å². The number of carbonyl (C=O) groups is 1. The van der Waals surface area contributed by atoms with Crippen LogP contribution in [0.3, 0.4) is 0 Å². The molecule has 1 aromatic rings. The average molecular weight is 207 g/mol. The predicted molar refractivity (Wildman–Crippen MR) is 54.5 cm³/mol. The van der Waals surface area contributed by atoms with Crippen molar-refractivity contribution in [3.05, 3.63) is 45.5 Å². The summed E-state index contributed by atoms with van der Waals surface area (Å²) in [5.74, 6) is -1.13. The number of rotatable bonds is 3. The summed E-state index contributed by atoms with van der Waals surface area (Å²) < 4.78 is 0. The Bertz CT molecular complexity index is 437. The molecule has 1 aromatic carbocycles. The molecule has 0 saturated heterocycles. The molecule has 0 unspecified atom stereocenters. The molecule has 0 bridgehead atoms. The van der Waals surface area contributed by atoms with Crippen molar-refractivity contribution in [2.24, 2.45) is 0 Å². The third-order valence-corrected chi connectivity index (χ3v) is 1.79. The Balaban J connectivity index is 3.17. The highest BCUT2D eigenvalue weighted by Gasteiger charge is 2.11. The van der Waals surface area contributed by atoms with Crippen molar-refractivity contribution < 1.29 is 14.8 Å². The van der Waals surface area contributed by atoms with E-state index in [2.05, 4.69) is 0 Å². The van der Waals surface area contributed by atoms with E-state index in [-0.39, 0.29) is 11.3 Å². The van der Waals surface area contributed by atoms with Gasteiger partial charge in [-0.1, -0.05) is 6.07 Å². The van der Waals surface area contributed by atoms with Crippen LogP contribution in [0.1, 0.15) is 11.1 Å². The normalized spacial score (nSPS) is 10.5. The van der Waals surface area contributed by atoms with Crippen molar-refractivity contribution in [2.45, 2.75) is 6.92 Å². The highest BCUT2D eigenvalue weighted by Crippen LogP contribution is 2.21. The van der Waals surface area contributed by atoms with Crippen LogP contribution in [0.5, 0.6) is 0 Å². The van der Waals surface area contributed by atoms with Gasteiger partial charge in [-0.25, -0.2) is 4.79 Å². The number of benzene rings is 1. The van der Waals surface area contributed by atoms with Gasteiger partial charge in [0.25, 0.3) is 5.69 Å². The first-order chi connectivity index (χ1) is 7.00. The molecule has 0 aromatic heterocycles. The van der Waals surface area contributed by atoms with E-state index >= 15 is 0 Å². The average Bonchev–Trinajstić information content (AvgIpc) is 2.15. The lowest BCUT2D eigenvalue weighted by Crippen LogP contribution is -1.93. The zero-order chi connectivity index (χ0) is 11.4. The quantitative estimate of drug-likeness (QED) is 0.467. The second kappa shape index (κ2) is 4.36. The van der Waals surface area contributed by atoms with Crippen LogP contribution in [-0.4, -0.2) is 16.0 Å². The number of carboxylic acids is 1. The largest absolute Gasteiger partial charge is 0.478 e. The van der Waals surface area contributed by atoms with Crippen molar-refractivity contribution in [1.29, 1.82) is 0 Å². The maximum atomic E-state index is 10.6. The molecule has 78 valence electrons. The van der Waals surface area contributed by atoms with E-state index in [9.17, 15) is 14.9 Å². The standard InChI is InChI=1S/C10H9NO4/c1-7-2-3-8(4-5-10(12)13)9(6-7)11(14)15/h2-6H,1H3,(H,12,13). The minimum atomic E-state index is -1.13. The molecule has 1 N–H and O–H groups in total. The van der Waals surface area contributed by atoms with Gasteiger partial charge in [0, 0.05) is 12.1 Å². The van der Waals surface area contributed by atoms with Crippen LogP contribution in [0.4, 0.5) is 5.69 Å². The topological polar surface area (TPSA) is 80.4 Å². The second-order valence-corrected chi connectivity index (χ2v) is 2.99. The van der Waals surface area contributed by atoms with Crippen LogP contribution in [0, 0.1) is 17.0 Å². The molecule has 0 aliphatic rings. The molecule has 0 aliphatic carbocycles. The van der Waals surface area contributed by atoms with Crippen LogP contribution < -0.4 is 0 Å². The summed E-state index contributed by atoms with van der Waals surface area (Å²) in [5, 5.41) is 19.0. The van der Waals surface area contributed by atoms with Gasteiger partial charge in [0.15, 0.2) is 0 Å². The molecular formula is C10H9NO4. The van der Waals surface area contributed by atoms with Gasteiger partial charge >= 0.3 is 5.97 Å². The lowest BCUT2D eigenvalue weighted by Gasteiger charge is -1.98. The van der Waals surface area contributed by atoms with Gasteiger partial charge in [-0.3, -0.25) is 10.1 Å². The Labute approximate surface area is 85.8 Å². The molecule has 0 saturated carbocycles. The number of carboxylic acid groups (broad SMARTS) is 1. The van der Waals surface area contributed by atoms with Crippen molar-refractivity contribution in [3.63, 3.8) is 0 Å². The number of nitro groups is 1. The Kier molecular flexibility index (Phi) is 3.17. The molecule has 0 radical (unpaired) electrons. The molecule has 5 nitrogen and oxygen atoms in total. The number of aliphatic carboxylic acids is 1. The third-order valence-electron chi connectivity index (χ3n) is 1.79. The molecule has 0 aliphatic heterocycles. The second-order valence-electron chi connectivity index (χ2n) is 2.99. The lowest BCUT2D eigenvalue weighted by atomic mass is 10.1. The van der Waals surface area contributed by atoms with Gasteiger partial charge in [-0.05, 0) is 24.6 Å². The molecule has 0 heterocycles. The lowest BCUT2D eigenvalue weighted by molar-refractivity contribution is -0.385. The number of hydrogen-bond donors (Lipinski definition) is 1. The van der Waals surface area contributed by atoms with E-state index in [1.54, 1.807) is 13.0 Å². The molecular weight excluding hydrogens is 198 g/mol. The highest BCUT2D eigenvalue weighted by atomic mass is 16.6. The number of nitro benzene ring substituents is 1. The zero-order valence-corrected chi connectivity index (χ0v) is 8.01. The fourth-order valence-electron chi connectivity index (χ4n) is 1.11. The van der Waals surface area contributed by atoms with E-state index in [0.717, 1.165) is 11.6 Å². The number of nitrogens with zero attached hydrogens (tertiary/aromatic N) is 1. The Morgan fingerprint density at radius 2 is 2.20 bits per heavy atom. The van der Waals surface area contributed by atoms with Gasteiger partial charge in [-0.2, -0.15) is 0 Å². The molecule has 15 heavy (non-hydrogen) atoms. The van der Waals surface area contributed by atoms with Crippen molar-refractivity contribution in [1.82, 2.24) is 0 Å². The van der Waals surface area contributed by atoms with Gasteiger partial charge < -0.3 is 5.11 Å². The fraction of sp³-hybridized carbons (Fsp3) is 0.100. The fourth-order valence-corrected chi connectivity index (χ4v) is 1.11. The first-order valence-electron chi connectivity index (χ1n) is 4.17. The van der Waals surface area contributed by atoms with E-state index in [4.69, 9.17) is 5.11 Å². The molecule has 1 rings (SSSR count). The SMILES string of the molecule is Cc1ccc(C=CC(=O)O)c([N+](=O)[O-])c1. The molecule has 5 heteroatoms. The minimum absolute atomic E-state index is 0.0903. The maximum absolute atomic E-state index is 10.6. The summed E-state index contributed by atoms with van der Waals surface area (Å²) >= 11 is 0. The highest BCUT2D eigenvalue weighted by molar-refractivity contribution is 5.86. The van der Waals surface area contributed by atoms with E-state index in [0.29, 0.717) is 0 Å². The molecule has 0 amide bonds. The van der Waals surface area contributed by atoms with Crippen LogP contribution in [0.2, 0.25) is 0 Å². The van der Waals surface area contributed by atoms with Crippen molar-refractivity contribution in [2.75, 3.05) is 0 Å². The summed E-state index contributed by atoms with van der Waals surface area (Å²) in [7, 11) is 0. The minimum Gasteiger partial charge on any atom is -0.478 e. The Morgan fingerprint density at radius 1 is 1.53 bits per heavy atom. The van der Waals surface area contributed by atoms with Crippen LogP contribution >= 0.6 is 0 Å². The summed E-state index contributed by atoms with van der Waals surface area (Å²) in [6, 6.07) is 4.61. The first-order valence-corrected chi connectivity index (χ1v) is 4.17. The number of aryl methyl sites for hydroxylation is 1. The first kappa shape index (κ1) is 10.9. The van der Waals surface area contributed by atoms with E-state index in [1.165, 1.54) is 18.2 Å². The van der Waals surface area contributed by atoms with Gasteiger partial charge in [-0.15, -0.1) is 0 Å². The Hall–Kier alpha value is -2.17. The van der Waals surface area contributed by atoms with Gasteiger partial charge in [0.1, 0.15) is 0 Å². The summed E-state index contributed by atoms with van der Waals surface area (Å²) in [6.07, 6.45) is 2.08. The third kappa shape index (κ3) is 2.91. The monoisotopic (exact) mass is 207 g/mol. The molecule has 0 fully saturated rings. The number of hydrogen-bond acceptors (Lipinski definition) is 3. The smallest absolute Gasteiger partial charge is 0.328 e. The van der Waals surface area contributed by atoms with Crippen LogP contribution in [0.25, 0.3) is 6.08 Å². The maximum Gasteiger partial charge on any atom is 0.328 e. The Morgan fingerprint density at radius 3 is 2.73 bits per heavy atom. The van der Waals surface area contributed by atoms with Crippen LogP contribution in [-0.2, 0) is 4.79 Å².